The van der Waals surface area contributed by atoms with Crippen LogP contribution in [0, 0.1) is 0 Å². The van der Waals surface area contributed by atoms with Gasteiger partial charge in [0, 0.05) is 17.4 Å². The molecule has 0 bridgehead atoms. The molecule has 0 fully saturated rings. The van der Waals surface area contributed by atoms with Gasteiger partial charge in [-0.05, 0) is 35.9 Å². The van der Waals surface area contributed by atoms with Crippen LogP contribution in [0.2, 0.25) is 0 Å². The summed E-state index contributed by atoms with van der Waals surface area (Å²) in [5.41, 5.74) is 8.60. The lowest BCUT2D eigenvalue weighted by atomic mass is 9.98. The van der Waals surface area contributed by atoms with Crippen molar-refractivity contribution in [2.45, 2.75) is 0 Å². The molecule has 6 heteroatoms. The SMILES string of the molecule is COc1c(-c2ccccc2)c(C(=O)c2ccc(N)c(C(=O)O)c2)n2ccccc12. The maximum Gasteiger partial charge on any atom is 0.337 e. The van der Waals surface area contributed by atoms with E-state index >= 15 is 0 Å². The number of fused-ring (bicyclic) bond motifs is 1. The lowest BCUT2D eigenvalue weighted by Gasteiger charge is -2.09. The van der Waals surface area contributed by atoms with E-state index < -0.39 is 5.97 Å². The molecule has 2 aromatic carbocycles. The van der Waals surface area contributed by atoms with Gasteiger partial charge < -0.3 is 20.0 Å². The van der Waals surface area contributed by atoms with Crippen LogP contribution >= 0.6 is 0 Å². The molecule has 2 heterocycles. The van der Waals surface area contributed by atoms with Gasteiger partial charge in [0.2, 0.25) is 5.78 Å². The molecule has 3 N–H and O–H groups in total. The van der Waals surface area contributed by atoms with E-state index in [4.69, 9.17) is 10.5 Å². The first-order chi connectivity index (χ1) is 14.0. The van der Waals surface area contributed by atoms with E-state index in [-0.39, 0.29) is 22.6 Å². The van der Waals surface area contributed by atoms with E-state index in [1.165, 1.54) is 18.2 Å². The third-order valence-electron chi connectivity index (χ3n) is 4.82. The summed E-state index contributed by atoms with van der Waals surface area (Å²) in [6.45, 7) is 0. The number of ether oxygens (including phenoxy) is 1. The van der Waals surface area contributed by atoms with Crippen LogP contribution in [0.25, 0.3) is 16.6 Å². The Morgan fingerprint density at radius 3 is 2.41 bits per heavy atom. The number of nitrogens with two attached hydrogens (primary N) is 1. The van der Waals surface area contributed by atoms with E-state index in [1.807, 2.05) is 48.5 Å². The normalized spacial score (nSPS) is 10.8. The first kappa shape index (κ1) is 18.3. The molecule has 4 rings (SSSR count). The van der Waals surface area contributed by atoms with Crippen LogP contribution in [0.1, 0.15) is 26.4 Å². The van der Waals surface area contributed by atoms with Gasteiger partial charge in [0.1, 0.15) is 5.69 Å². The van der Waals surface area contributed by atoms with Gasteiger partial charge in [0.25, 0.3) is 0 Å². The Hall–Kier alpha value is -4.06. The van der Waals surface area contributed by atoms with Crippen LogP contribution in [0.4, 0.5) is 5.69 Å². The van der Waals surface area contributed by atoms with Gasteiger partial charge in [-0.25, -0.2) is 4.79 Å². The number of nitrogens with zero attached hydrogens (tertiary/aromatic N) is 1. The molecular formula is C23H18N2O4. The molecule has 0 aliphatic rings. The number of carboxylic acid groups (broad SMARTS) is 1. The maximum absolute atomic E-state index is 13.6. The molecule has 0 unspecified atom stereocenters. The van der Waals surface area contributed by atoms with Gasteiger partial charge in [0.15, 0.2) is 5.75 Å². The smallest absolute Gasteiger partial charge is 0.337 e. The van der Waals surface area contributed by atoms with Crippen molar-refractivity contribution < 1.29 is 19.4 Å². The summed E-state index contributed by atoms with van der Waals surface area (Å²) in [6.07, 6.45) is 1.78. The maximum atomic E-state index is 13.6. The minimum absolute atomic E-state index is 0.106. The van der Waals surface area contributed by atoms with Crippen molar-refractivity contribution in [3.63, 3.8) is 0 Å². The summed E-state index contributed by atoms with van der Waals surface area (Å²) in [7, 11) is 1.56. The lowest BCUT2D eigenvalue weighted by Crippen LogP contribution is -2.10. The number of nitrogen functional groups attached to an aromatic ring is 1. The number of pyridine rings is 1. The van der Waals surface area contributed by atoms with E-state index in [0.29, 0.717) is 17.0 Å². The molecule has 0 atom stereocenters. The molecule has 0 saturated heterocycles. The second-order valence-corrected chi connectivity index (χ2v) is 6.52. The van der Waals surface area contributed by atoms with Crippen molar-refractivity contribution in [3.05, 3.63) is 89.7 Å². The van der Waals surface area contributed by atoms with Crippen molar-refractivity contribution in [1.82, 2.24) is 4.40 Å². The Kier molecular flexibility index (Phi) is 4.52. The highest BCUT2D eigenvalue weighted by atomic mass is 16.5. The zero-order valence-electron chi connectivity index (χ0n) is 15.6. The van der Waals surface area contributed by atoms with Gasteiger partial charge in [0.05, 0.1) is 23.8 Å². The molecular weight excluding hydrogens is 368 g/mol. The number of ketones is 1. The number of benzene rings is 2. The summed E-state index contributed by atoms with van der Waals surface area (Å²) >= 11 is 0. The number of methoxy groups -OCH3 is 1. The average molecular weight is 386 g/mol. The number of rotatable bonds is 5. The Morgan fingerprint density at radius 1 is 1.00 bits per heavy atom. The largest absolute Gasteiger partial charge is 0.494 e. The molecule has 0 aliphatic heterocycles. The van der Waals surface area contributed by atoms with E-state index in [2.05, 4.69) is 0 Å². The lowest BCUT2D eigenvalue weighted by molar-refractivity contribution is 0.0698. The Balaban J connectivity index is 2.02. The highest BCUT2D eigenvalue weighted by Gasteiger charge is 2.26. The van der Waals surface area contributed by atoms with Gasteiger partial charge in [-0.1, -0.05) is 36.4 Å². The highest BCUT2D eigenvalue weighted by Crippen LogP contribution is 2.40. The number of carbonyl (C=O) groups is 2. The van der Waals surface area contributed by atoms with Crippen LogP contribution in [-0.2, 0) is 0 Å². The topological polar surface area (TPSA) is 94.0 Å². The molecule has 144 valence electrons. The summed E-state index contributed by atoms with van der Waals surface area (Å²) in [5.74, 6) is -0.928. The van der Waals surface area contributed by atoms with Crippen LogP contribution in [0.15, 0.2) is 72.9 Å². The molecule has 0 radical (unpaired) electrons. The predicted molar refractivity (Wildman–Crippen MR) is 111 cm³/mol. The fraction of sp³-hybridized carbons (Fsp3) is 0.0435. The molecule has 0 spiro atoms. The second-order valence-electron chi connectivity index (χ2n) is 6.52. The van der Waals surface area contributed by atoms with Crippen LogP contribution in [0.5, 0.6) is 5.75 Å². The Labute approximate surface area is 166 Å². The van der Waals surface area contributed by atoms with Crippen molar-refractivity contribution in [2.24, 2.45) is 0 Å². The van der Waals surface area contributed by atoms with E-state index in [9.17, 15) is 14.7 Å². The first-order valence-electron chi connectivity index (χ1n) is 8.93. The quantitative estimate of drug-likeness (QED) is 0.397. The fourth-order valence-electron chi connectivity index (χ4n) is 3.50. The van der Waals surface area contributed by atoms with Crippen molar-refractivity contribution >= 4 is 23.0 Å². The summed E-state index contributed by atoms with van der Waals surface area (Å²) in [5, 5.41) is 9.37. The molecule has 0 aliphatic carbocycles. The number of hydrogen-bond acceptors (Lipinski definition) is 4. The monoisotopic (exact) mass is 386 g/mol. The van der Waals surface area contributed by atoms with Crippen molar-refractivity contribution in [1.29, 1.82) is 0 Å². The standard InChI is InChI=1S/C23H18N2O4/c1-29-22-18-9-5-6-12-25(18)20(19(22)14-7-3-2-4-8-14)21(26)15-10-11-17(24)16(13-15)23(27)28/h2-13H,24H2,1H3,(H,27,28). The summed E-state index contributed by atoms with van der Waals surface area (Å²) in [6, 6.07) is 19.3. The number of aromatic carboxylic acids is 1. The zero-order chi connectivity index (χ0) is 20.5. The number of carbonyl (C=O) groups excluding carboxylic acids is 1. The van der Waals surface area contributed by atoms with Crippen LogP contribution < -0.4 is 10.5 Å². The fourth-order valence-corrected chi connectivity index (χ4v) is 3.50. The molecule has 0 saturated carbocycles. The van der Waals surface area contributed by atoms with Gasteiger partial charge >= 0.3 is 5.97 Å². The number of aromatic nitrogens is 1. The molecule has 2 aromatic heterocycles. The third-order valence-corrected chi connectivity index (χ3v) is 4.82. The van der Waals surface area contributed by atoms with Gasteiger partial charge in [-0.2, -0.15) is 0 Å². The molecule has 6 nitrogen and oxygen atoms in total. The van der Waals surface area contributed by atoms with E-state index in [0.717, 1.165) is 11.1 Å². The second kappa shape index (κ2) is 7.16. The number of carboxylic acids is 1. The first-order valence-corrected chi connectivity index (χ1v) is 8.93. The van der Waals surface area contributed by atoms with Gasteiger partial charge in [-0.15, -0.1) is 0 Å². The van der Waals surface area contributed by atoms with Crippen LogP contribution in [-0.4, -0.2) is 28.4 Å². The molecule has 0 amide bonds. The number of hydrogen-bond donors (Lipinski definition) is 2. The minimum atomic E-state index is -1.18. The third kappa shape index (κ3) is 3.00. The van der Waals surface area contributed by atoms with Gasteiger partial charge in [-0.3, -0.25) is 4.79 Å². The number of anilines is 1. The summed E-state index contributed by atoms with van der Waals surface area (Å²) in [4.78, 5) is 25.0. The Morgan fingerprint density at radius 2 is 1.72 bits per heavy atom. The van der Waals surface area contributed by atoms with Crippen molar-refractivity contribution in [2.75, 3.05) is 12.8 Å². The molecule has 29 heavy (non-hydrogen) atoms. The van der Waals surface area contributed by atoms with E-state index in [1.54, 1.807) is 17.7 Å². The average Bonchev–Trinajstić information content (AvgIpc) is 3.08. The minimum Gasteiger partial charge on any atom is -0.494 e. The highest BCUT2D eigenvalue weighted by molar-refractivity contribution is 6.15. The zero-order valence-corrected chi connectivity index (χ0v) is 15.6. The predicted octanol–water partition coefficient (Wildman–Crippen LogP) is 4.13. The summed E-state index contributed by atoms with van der Waals surface area (Å²) < 4.78 is 7.44. The van der Waals surface area contributed by atoms with Crippen molar-refractivity contribution in [3.8, 4) is 16.9 Å². The van der Waals surface area contributed by atoms with Crippen LogP contribution in [0.3, 0.4) is 0 Å². The Bertz CT molecular complexity index is 1240. The molecule has 4 aromatic rings.